The number of ether oxygens (including phenoxy) is 1. The molecule has 0 N–H and O–H groups in total. The van der Waals surface area contributed by atoms with Gasteiger partial charge in [0, 0.05) is 5.56 Å². The van der Waals surface area contributed by atoms with Crippen LogP contribution >= 0.6 is 0 Å². The third-order valence-corrected chi connectivity index (χ3v) is 2.20. The quantitative estimate of drug-likeness (QED) is 0.772. The number of carbonyl (C=O) groups excluding carboxylic acids is 1. The summed E-state index contributed by atoms with van der Waals surface area (Å²) in [5, 5.41) is 0. The first-order valence-corrected chi connectivity index (χ1v) is 5.02. The van der Waals surface area contributed by atoms with Crippen molar-refractivity contribution < 1.29 is 31.5 Å². The molecule has 1 aromatic rings. The smallest absolute Gasteiger partial charge is 0.461 e. The van der Waals surface area contributed by atoms with E-state index in [0.29, 0.717) is 5.56 Å². The summed E-state index contributed by atoms with van der Waals surface area (Å²) in [6.07, 6.45) is -4.60. The number of ketones is 1. The Hall–Kier alpha value is -1.92. The van der Waals surface area contributed by atoms with Crippen molar-refractivity contribution in [3.63, 3.8) is 0 Å². The summed E-state index contributed by atoms with van der Waals surface area (Å²) < 4.78 is 65.7. The number of hydrogen-bond donors (Lipinski definition) is 0. The van der Waals surface area contributed by atoms with Gasteiger partial charge in [-0.15, -0.1) is 0 Å². The van der Waals surface area contributed by atoms with Crippen LogP contribution < -0.4 is 4.74 Å². The minimum Gasteiger partial charge on any atom is -0.485 e. The fraction of sp³-hybridized carbons (Fsp3) is 0.250. The van der Waals surface area contributed by atoms with Crippen LogP contribution in [0.2, 0.25) is 0 Å². The third-order valence-electron chi connectivity index (χ3n) is 2.20. The number of Topliss-reactive ketones (excluding diaryl/α,β-unsaturated/α-hetero) is 1. The molecule has 0 aliphatic rings. The van der Waals surface area contributed by atoms with Crippen molar-refractivity contribution in [1.82, 2.24) is 0 Å². The van der Waals surface area contributed by atoms with Crippen molar-refractivity contribution in [2.45, 2.75) is 12.1 Å². The molecule has 0 amide bonds. The van der Waals surface area contributed by atoms with Crippen LogP contribution in [0.5, 0.6) is 5.75 Å². The summed E-state index contributed by atoms with van der Waals surface area (Å²) in [4.78, 5) is 10.9. The van der Waals surface area contributed by atoms with Gasteiger partial charge in [-0.2, -0.15) is 22.0 Å². The second kappa shape index (κ2) is 5.38. The second-order valence-corrected chi connectivity index (χ2v) is 3.53. The monoisotopic (exact) mass is 280 g/mol. The van der Waals surface area contributed by atoms with Crippen molar-refractivity contribution in [1.29, 1.82) is 0 Å². The summed E-state index contributed by atoms with van der Waals surface area (Å²) >= 11 is 0. The molecule has 0 aliphatic carbocycles. The number of alkyl halides is 5. The Balaban J connectivity index is 2.77. The Morgan fingerprint density at radius 2 is 1.79 bits per heavy atom. The van der Waals surface area contributed by atoms with E-state index in [4.69, 9.17) is 0 Å². The van der Waals surface area contributed by atoms with Gasteiger partial charge in [-0.05, 0) is 6.07 Å². The van der Waals surface area contributed by atoms with E-state index < -0.39 is 24.5 Å². The standard InChI is InChI=1S/C12H9F5O2/c1-2-8-5-3-4-6-9(8)19-7-10(18)11(13,14)12(15,16)17/h2-6H,1,7H2. The van der Waals surface area contributed by atoms with Gasteiger partial charge in [0.1, 0.15) is 5.75 Å². The highest BCUT2D eigenvalue weighted by Crippen LogP contribution is 2.36. The van der Waals surface area contributed by atoms with Crippen LogP contribution in [0.1, 0.15) is 5.56 Å². The Morgan fingerprint density at radius 3 is 2.32 bits per heavy atom. The van der Waals surface area contributed by atoms with Crippen LogP contribution in [0.25, 0.3) is 6.08 Å². The highest BCUT2D eigenvalue weighted by Gasteiger charge is 2.63. The zero-order valence-corrected chi connectivity index (χ0v) is 9.51. The van der Waals surface area contributed by atoms with Crippen LogP contribution in [-0.2, 0) is 4.79 Å². The van der Waals surface area contributed by atoms with E-state index >= 15 is 0 Å². The molecule has 0 unspecified atom stereocenters. The molecule has 0 bridgehead atoms. The maximum absolute atomic E-state index is 12.6. The average molecular weight is 280 g/mol. The number of halogens is 5. The van der Waals surface area contributed by atoms with Gasteiger partial charge < -0.3 is 4.74 Å². The number of hydrogen-bond acceptors (Lipinski definition) is 2. The minimum absolute atomic E-state index is 0.00354. The summed E-state index contributed by atoms with van der Waals surface area (Å²) in [6.45, 7) is 2.04. The summed E-state index contributed by atoms with van der Waals surface area (Å²) in [6, 6.07) is 5.91. The summed E-state index contributed by atoms with van der Waals surface area (Å²) in [7, 11) is 0. The lowest BCUT2D eigenvalue weighted by Gasteiger charge is -2.18. The van der Waals surface area contributed by atoms with Gasteiger partial charge in [0.25, 0.3) is 0 Å². The molecule has 1 rings (SSSR count). The molecule has 104 valence electrons. The number of para-hydroxylation sites is 1. The van der Waals surface area contributed by atoms with Gasteiger partial charge >= 0.3 is 12.1 Å². The SMILES string of the molecule is C=Cc1ccccc1OCC(=O)C(F)(F)C(F)(F)F. The van der Waals surface area contributed by atoms with Gasteiger partial charge in [-0.3, -0.25) is 4.79 Å². The van der Waals surface area contributed by atoms with Crippen molar-refractivity contribution in [2.75, 3.05) is 6.61 Å². The first-order valence-electron chi connectivity index (χ1n) is 5.02. The molecule has 0 saturated carbocycles. The molecule has 0 spiro atoms. The Morgan fingerprint density at radius 1 is 1.21 bits per heavy atom. The second-order valence-electron chi connectivity index (χ2n) is 3.53. The molecule has 0 fully saturated rings. The first-order chi connectivity index (χ1) is 8.70. The van der Waals surface area contributed by atoms with E-state index in [9.17, 15) is 26.7 Å². The Labute approximate surface area is 105 Å². The van der Waals surface area contributed by atoms with E-state index in [1.54, 1.807) is 6.07 Å². The van der Waals surface area contributed by atoms with E-state index in [1.165, 1.54) is 24.3 Å². The molecule has 0 atom stereocenters. The lowest BCUT2D eigenvalue weighted by atomic mass is 10.2. The molecule has 1 aromatic carbocycles. The van der Waals surface area contributed by atoms with Crippen LogP contribution in [0.15, 0.2) is 30.8 Å². The Bertz CT molecular complexity index is 479. The predicted molar refractivity (Wildman–Crippen MR) is 58.0 cm³/mol. The van der Waals surface area contributed by atoms with E-state index in [2.05, 4.69) is 11.3 Å². The zero-order chi connectivity index (χ0) is 14.7. The number of benzene rings is 1. The maximum atomic E-state index is 12.6. The molecule has 2 nitrogen and oxygen atoms in total. The molecule has 7 heteroatoms. The Kier molecular flexibility index (Phi) is 4.28. The molecule has 0 radical (unpaired) electrons. The van der Waals surface area contributed by atoms with Crippen molar-refractivity contribution in [3.05, 3.63) is 36.4 Å². The largest absolute Gasteiger partial charge is 0.485 e. The molecular formula is C12H9F5O2. The number of carbonyl (C=O) groups is 1. The number of rotatable bonds is 5. The van der Waals surface area contributed by atoms with E-state index in [1.807, 2.05) is 0 Å². The van der Waals surface area contributed by atoms with Crippen molar-refractivity contribution in [2.24, 2.45) is 0 Å². The zero-order valence-electron chi connectivity index (χ0n) is 9.51. The van der Waals surface area contributed by atoms with Gasteiger partial charge in [-0.1, -0.05) is 30.9 Å². The maximum Gasteiger partial charge on any atom is 0.461 e. The fourth-order valence-corrected chi connectivity index (χ4v) is 1.17. The molecule has 0 saturated heterocycles. The molecule has 0 aliphatic heterocycles. The van der Waals surface area contributed by atoms with E-state index in [0.717, 1.165) is 0 Å². The van der Waals surface area contributed by atoms with E-state index in [-0.39, 0.29) is 5.75 Å². The van der Waals surface area contributed by atoms with Gasteiger partial charge in [0.2, 0.25) is 5.78 Å². The summed E-state index contributed by atoms with van der Waals surface area (Å²) in [5.41, 5.74) is 0.380. The lowest BCUT2D eigenvalue weighted by molar-refractivity contribution is -0.269. The van der Waals surface area contributed by atoms with Gasteiger partial charge in [-0.25, -0.2) is 0 Å². The predicted octanol–water partition coefficient (Wildman–Crippen LogP) is 3.48. The molecule has 19 heavy (non-hydrogen) atoms. The van der Waals surface area contributed by atoms with Crippen LogP contribution in [-0.4, -0.2) is 24.5 Å². The molecule has 0 aromatic heterocycles. The normalized spacial score (nSPS) is 12.1. The van der Waals surface area contributed by atoms with Crippen LogP contribution in [0.3, 0.4) is 0 Å². The minimum atomic E-state index is -5.93. The van der Waals surface area contributed by atoms with Crippen LogP contribution in [0.4, 0.5) is 22.0 Å². The average Bonchev–Trinajstić information content (AvgIpc) is 2.34. The fourth-order valence-electron chi connectivity index (χ4n) is 1.17. The lowest BCUT2D eigenvalue weighted by Crippen LogP contribution is -2.46. The topological polar surface area (TPSA) is 26.3 Å². The van der Waals surface area contributed by atoms with Crippen molar-refractivity contribution >= 4 is 11.9 Å². The molecular weight excluding hydrogens is 271 g/mol. The van der Waals surface area contributed by atoms with Gasteiger partial charge in [0.15, 0.2) is 6.61 Å². The first kappa shape index (κ1) is 15.1. The van der Waals surface area contributed by atoms with Crippen LogP contribution in [0, 0.1) is 0 Å². The molecule has 0 heterocycles. The highest BCUT2D eigenvalue weighted by atomic mass is 19.4. The van der Waals surface area contributed by atoms with Crippen molar-refractivity contribution in [3.8, 4) is 5.75 Å². The van der Waals surface area contributed by atoms with Gasteiger partial charge in [0.05, 0.1) is 0 Å². The third kappa shape index (κ3) is 3.30. The summed E-state index contributed by atoms with van der Waals surface area (Å²) in [5.74, 6) is -7.77. The highest BCUT2D eigenvalue weighted by molar-refractivity contribution is 5.87.